The van der Waals surface area contributed by atoms with E-state index in [1.54, 1.807) is 18.7 Å². The Labute approximate surface area is 128 Å². The first-order valence-electron chi connectivity index (χ1n) is 7.79. The summed E-state index contributed by atoms with van der Waals surface area (Å²) < 4.78 is 5.72. The van der Waals surface area contributed by atoms with Crippen LogP contribution in [0.1, 0.15) is 61.3 Å². The smallest absolute Gasteiger partial charge is 0.249 e. The van der Waals surface area contributed by atoms with Crippen LogP contribution in [-0.4, -0.2) is 46.5 Å². The van der Waals surface area contributed by atoms with Crippen molar-refractivity contribution < 1.29 is 14.3 Å². The summed E-state index contributed by atoms with van der Waals surface area (Å²) in [7, 11) is 0. The van der Waals surface area contributed by atoms with Gasteiger partial charge in [0.1, 0.15) is 11.1 Å². The molecule has 5 nitrogen and oxygen atoms in total. The molecule has 1 N–H and O–H groups in total. The minimum absolute atomic E-state index is 0.00499. The predicted molar refractivity (Wildman–Crippen MR) is 83.0 cm³/mol. The minimum Gasteiger partial charge on any atom is -0.374 e. The number of hydrogen-bond donors (Lipinski definition) is 1. The van der Waals surface area contributed by atoms with E-state index in [2.05, 4.69) is 5.32 Å². The number of ether oxygens (including phenoxy) is 1. The molecule has 2 amide bonds. The van der Waals surface area contributed by atoms with Gasteiger partial charge in [-0.2, -0.15) is 0 Å². The van der Waals surface area contributed by atoms with Crippen molar-refractivity contribution >= 4 is 11.8 Å². The SMILES string of the molecule is CCC1(CC)NC(=O)C(C)(C)N(CCOC(C)(C)C)C1=O. The first kappa shape index (κ1) is 18.0. The Balaban J connectivity index is 2.95. The van der Waals surface area contributed by atoms with E-state index in [9.17, 15) is 9.59 Å². The Morgan fingerprint density at radius 3 is 2.10 bits per heavy atom. The fraction of sp³-hybridized carbons (Fsp3) is 0.875. The van der Waals surface area contributed by atoms with Gasteiger partial charge in [0.2, 0.25) is 11.8 Å². The molecule has 0 atom stereocenters. The summed E-state index contributed by atoms with van der Waals surface area (Å²) >= 11 is 0. The Bertz CT molecular complexity index is 406. The minimum atomic E-state index is -0.841. The van der Waals surface area contributed by atoms with Gasteiger partial charge < -0.3 is 15.0 Å². The normalized spacial score (nSPS) is 21.4. The topological polar surface area (TPSA) is 58.6 Å². The predicted octanol–water partition coefficient (Wildman–Crippen LogP) is 2.10. The van der Waals surface area contributed by atoms with Crippen LogP contribution in [-0.2, 0) is 14.3 Å². The number of hydrogen-bond acceptors (Lipinski definition) is 3. The molecule has 1 fully saturated rings. The first-order chi connectivity index (χ1) is 9.50. The third kappa shape index (κ3) is 3.57. The highest BCUT2D eigenvalue weighted by Crippen LogP contribution is 2.30. The van der Waals surface area contributed by atoms with Gasteiger partial charge in [0.15, 0.2) is 0 Å². The molecule has 1 heterocycles. The third-order valence-corrected chi connectivity index (χ3v) is 4.29. The van der Waals surface area contributed by atoms with Gasteiger partial charge in [-0.25, -0.2) is 0 Å². The van der Waals surface area contributed by atoms with Gasteiger partial charge in [-0.05, 0) is 47.5 Å². The summed E-state index contributed by atoms with van der Waals surface area (Å²) in [5.74, 6) is -0.101. The van der Waals surface area contributed by atoms with E-state index < -0.39 is 11.1 Å². The standard InChI is InChI=1S/C16H30N2O3/c1-8-16(9-2)13(20)18(10-11-21-14(3,4)5)15(6,7)12(19)17-16/h8-11H2,1-7H3,(H,17,19). The highest BCUT2D eigenvalue weighted by atomic mass is 16.5. The maximum Gasteiger partial charge on any atom is 0.249 e. The van der Waals surface area contributed by atoms with E-state index in [4.69, 9.17) is 4.74 Å². The summed E-state index contributed by atoms with van der Waals surface area (Å²) in [4.78, 5) is 27.0. The number of rotatable bonds is 5. The molecule has 5 heteroatoms. The summed E-state index contributed by atoms with van der Waals surface area (Å²) in [6.45, 7) is 14.2. The highest BCUT2D eigenvalue weighted by molar-refractivity contribution is 6.01. The van der Waals surface area contributed by atoms with Gasteiger partial charge in [0.25, 0.3) is 0 Å². The average Bonchev–Trinajstić information content (AvgIpc) is 2.37. The van der Waals surface area contributed by atoms with Crippen LogP contribution in [0, 0.1) is 0 Å². The van der Waals surface area contributed by atoms with Gasteiger partial charge in [-0.3, -0.25) is 9.59 Å². The number of piperazine rings is 1. The van der Waals surface area contributed by atoms with Crippen molar-refractivity contribution in [1.82, 2.24) is 10.2 Å². The molecule has 0 radical (unpaired) electrons. The number of nitrogens with one attached hydrogen (secondary N) is 1. The quantitative estimate of drug-likeness (QED) is 0.845. The van der Waals surface area contributed by atoms with Crippen molar-refractivity contribution in [2.75, 3.05) is 13.2 Å². The van der Waals surface area contributed by atoms with E-state index >= 15 is 0 Å². The van der Waals surface area contributed by atoms with Crippen molar-refractivity contribution in [2.45, 2.75) is 78.0 Å². The lowest BCUT2D eigenvalue weighted by Gasteiger charge is -2.49. The second kappa shape index (κ2) is 5.95. The fourth-order valence-corrected chi connectivity index (χ4v) is 2.61. The van der Waals surface area contributed by atoms with Crippen molar-refractivity contribution in [3.05, 3.63) is 0 Å². The lowest BCUT2D eigenvalue weighted by molar-refractivity contribution is -0.163. The molecular weight excluding hydrogens is 268 g/mol. The third-order valence-electron chi connectivity index (χ3n) is 4.29. The summed E-state index contributed by atoms with van der Waals surface area (Å²) in [5.41, 5.74) is -1.86. The van der Waals surface area contributed by atoms with Crippen molar-refractivity contribution in [3.8, 4) is 0 Å². The number of carbonyl (C=O) groups excluding carboxylic acids is 2. The molecule has 1 aliphatic heterocycles. The maximum absolute atomic E-state index is 12.9. The molecule has 21 heavy (non-hydrogen) atoms. The molecule has 1 saturated heterocycles. The summed E-state index contributed by atoms with van der Waals surface area (Å²) in [5, 5.41) is 2.93. The number of nitrogens with zero attached hydrogens (tertiary/aromatic N) is 1. The maximum atomic E-state index is 12.9. The van der Waals surface area contributed by atoms with Crippen molar-refractivity contribution in [1.29, 1.82) is 0 Å². The van der Waals surface area contributed by atoms with Crippen LogP contribution >= 0.6 is 0 Å². The molecule has 1 aliphatic rings. The Hall–Kier alpha value is -1.10. The Morgan fingerprint density at radius 2 is 1.67 bits per heavy atom. The van der Waals surface area contributed by atoms with Crippen LogP contribution in [0.4, 0.5) is 0 Å². The molecule has 0 unspecified atom stereocenters. The van der Waals surface area contributed by atoms with E-state index in [-0.39, 0.29) is 17.4 Å². The van der Waals surface area contributed by atoms with Gasteiger partial charge in [-0.1, -0.05) is 13.8 Å². The van der Waals surface area contributed by atoms with Crippen LogP contribution in [0.25, 0.3) is 0 Å². The van der Waals surface area contributed by atoms with Gasteiger partial charge in [0, 0.05) is 6.54 Å². The van der Waals surface area contributed by atoms with Crippen molar-refractivity contribution in [2.24, 2.45) is 0 Å². The molecule has 0 aromatic rings. The number of amides is 2. The molecule has 0 aromatic carbocycles. The second-order valence-corrected chi connectivity index (χ2v) is 7.22. The summed E-state index contributed by atoms with van der Waals surface area (Å²) in [6.07, 6.45) is 1.20. The van der Waals surface area contributed by atoms with Crippen LogP contribution in [0.15, 0.2) is 0 Å². The molecule has 0 saturated carbocycles. The molecular formula is C16H30N2O3. The summed E-state index contributed by atoms with van der Waals surface area (Å²) in [6, 6.07) is 0. The van der Waals surface area contributed by atoms with Gasteiger partial charge in [0.05, 0.1) is 12.2 Å². The van der Waals surface area contributed by atoms with Crippen LogP contribution < -0.4 is 5.32 Å². The number of carbonyl (C=O) groups is 2. The zero-order valence-electron chi connectivity index (χ0n) is 14.5. The molecule has 0 spiro atoms. The van der Waals surface area contributed by atoms with E-state index in [0.717, 1.165) is 0 Å². The molecule has 0 aromatic heterocycles. The Kier molecular flexibility index (Phi) is 5.09. The lowest BCUT2D eigenvalue weighted by Crippen LogP contribution is -2.74. The second-order valence-electron chi connectivity index (χ2n) is 7.22. The fourth-order valence-electron chi connectivity index (χ4n) is 2.61. The zero-order valence-corrected chi connectivity index (χ0v) is 14.5. The van der Waals surface area contributed by atoms with E-state index in [1.807, 2.05) is 34.6 Å². The van der Waals surface area contributed by atoms with Crippen molar-refractivity contribution in [3.63, 3.8) is 0 Å². The molecule has 0 aliphatic carbocycles. The van der Waals surface area contributed by atoms with Crippen LogP contribution in [0.5, 0.6) is 0 Å². The molecule has 0 bridgehead atoms. The van der Waals surface area contributed by atoms with Gasteiger partial charge in [-0.15, -0.1) is 0 Å². The molecule has 1 rings (SSSR count). The average molecular weight is 298 g/mol. The van der Waals surface area contributed by atoms with Crippen LogP contribution in [0.2, 0.25) is 0 Å². The lowest BCUT2D eigenvalue weighted by atomic mass is 9.83. The van der Waals surface area contributed by atoms with Gasteiger partial charge >= 0.3 is 0 Å². The zero-order chi connectivity index (χ0) is 16.5. The molecule has 122 valence electrons. The van der Waals surface area contributed by atoms with E-state index in [1.165, 1.54) is 0 Å². The van der Waals surface area contributed by atoms with Crippen LogP contribution in [0.3, 0.4) is 0 Å². The highest BCUT2D eigenvalue weighted by Gasteiger charge is 2.52. The first-order valence-corrected chi connectivity index (χ1v) is 7.79. The van der Waals surface area contributed by atoms with E-state index in [0.29, 0.717) is 26.0 Å². The monoisotopic (exact) mass is 298 g/mol. The Morgan fingerprint density at radius 1 is 1.14 bits per heavy atom. The largest absolute Gasteiger partial charge is 0.374 e.